The molecule has 0 aliphatic rings. The molecule has 2 aromatic carbocycles. The zero-order valence-electron chi connectivity index (χ0n) is 11.4. The molecule has 0 fully saturated rings. The van der Waals surface area contributed by atoms with Crippen molar-refractivity contribution >= 4 is 11.9 Å². The van der Waals surface area contributed by atoms with Crippen LogP contribution < -0.4 is 9.47 Å². The molecule has 0 spiro atoms. The van der Waals surface area contributed by atoms with Crippen molar-refractivity contribution in [3.05, 3.63) is 53.6 Å². The highest BCUT2D eigenvalue weighted by Gasteiger charge is 2.03. The van der Waals surface area contributed by atoms with Crippen molar-refractivity contribution in [1.29, 1.82) is 0 Å². The van der Waals surface area contributed by atoms with Gasteiger partial charge >= 0.3 is 0 Å². The van der Waals surface area contributed by atoms with Crippen molar-refractivity contribution in [1.82, 2.24) is 0 Å². The van der Waals surface area contributed by atoms with Gasteiger partial charge in [-0.1, -0.05) is 18.2 Å². The average Bonchev–Trinajstić information content (AvgIpc) is 2.46. The average molecular weight is 255 g/mol. The van der Waals surface area contributed by atoms with Gasteiger partial charge in [0.05, 0.1) is 19.9 Å². The quantitative estimate of drug-likeness (QED) is 0.779. The zero-order chi connectivity index (χ0) is 13.7. The molecule has 0 atom stereocenters. The minimum absolute atomic E-state index is 0.705. The van der Waals surface area contributed by atoms with Crippen molar-refractivity contribution in [2.45, 2.75) is 6.92 Å². The maximum atomic E-state index is 5.27. The first-order valence-electron chi connectivity index (χ1n) is 6.06. The number of aliphatic imine (C=N–C) groups is 1. The minimum Gasteiger partial charge on any atom is -0.493 e. The lowest BCUT2D eigenvalue weighted by Gasteiger charge is -2.07. The molecular weight excluding hydrogens is 238 g/mol. The van der Waals surface area contributed by atoms with Gasteiger partial charge in [0.15, 0.2) is 11.5 Å². The van der Waals surface area contributed by atoms with Crippen LogP contribution >= 0.6 is 0 Å². The van der Waals surface area contributed by atoms with Gasteiger partial charge in [-0.3, -0.25) is 4.99 Å². The fourth-order valence-corrected chi connectivity index (χ4v) is 1.79. The Kier molecular flexibility index (Phi) is 4.18. The van der Waals surface area contributed by atoms with Crippen LogP contribution in [0, 0.1) is 6.92 Å². The number of hydrogen-bond donors (Lipinski definition) is 0. The molecule has 0 amide bonds. The summed E-state index contributed by atoms with van der Waals surface area (Å²) < 4.78 is 10.5. The Hall–Kier alpha value is -2.29. The van der Waals surface area contributed by atoms with E-state index in [2.05, 4.69) is 4.99 Å². The fraction of sp³-hybridized carbons (Fsp3) is 0.188. The van der Waals surface area contributed by atoms with Gasteiger partial charge in [0, 0.05) is 6.21 Å². The Labute approximate surface area is 113 Å². The maximum Gasteiger partial charge on any atom is 0.161 e. The van der Waals surface area contributed by atoms with Gasteiger partial charge in [-0.15, -0.1) is 0 Å². The molecule has 0 unspecified atom stereocenters. The Bertz CT molecular complexity index is 591. The van der Waals surface area contributed by atoms with E-state index in [4.69, 9.17) is 9.47 Å². The summed E-state index contributed by atoms with van der Waals surface area (Å²) in [6, 6.07) is 13.7. The number of hydrogen-bond acceptors (Lipinski definition) is 3. The van der Waals surface area contributed by atoms with Gasteiger partial charge < -0.3 is 9.47 Å². The molecule has 0 saturated carbocycles. The highest BCUT2D eigenvalue weighted by atomic mass is 16.5. The molecule has 0 aliphatic heterocycles. The molecule has 19 heavy (non-hydrogen) atoms. The highest BCUT2D eigenvalue weighted by molar-refractivity contribution is 5.83. The first-order valence-corrected chi connectivity index (χ1v) is 6.06. The van der Waals surface area contributed by atoms with Crippen molar-refractivity contribution in [3.63, 3.8) is 0 Å². The summed E-state index contributed by atoms with van der Waals surface area (Å²) in [5.41, 5.74) is 3.09. The van der Waals surface area contributed by atoms with Crippen LogP contribution in [-0.2, 0) is 0 Å². The molecule has 3 heteroatoms. The van der Waals surface area contributed by atoms with Crippen LogP contribution in [-0.4, -0.2) is 20.4 Å². The molecule has 0 N–H and O–H groups in total. The monoisotopic (exact) mass is 255 g/mol. The van der Waals surface area contributed by atoms with Gasteiger partial charge in [0.1, 0.15) is 0 Å². The topological polar surface area (TPSA) is 30.8 Å². The standard InChI is InChI=1S/C16H17NO2/c1-12-6-4-5-7-14(12)17-11-13-8-9-15(18-2)16(10-13)19-3/h4-11H,1-3H3. The minimum atomic E-state index is 0.705. The van der Waals surface area contributed by atoms with Gasteiger partial charge in [0.25, 0.3) is 0 Å². The first kappa shape index (κ1) is 13.1. The van der Waals surface area contributed by atoms with E-state index in [9.17, 15) is 0 Å². The van der Waals surface area contributed by atoms with E-state index >= 15 is 0 Å². The molecule has 2 rings (SSSR count). The summed E-state index contributed by atoms with van der Waals surface area (Å²) in [7, 11) is 3.25. The second-order valence-corrected chi connectivity index (χ2v) is 4.16. The van der Waals surface area contributed by atoms with Crippen LogP contribution in [0.25, 0.3) is 0 Å². The Balaban J connectivity index is 2.26. The third-order valence-corrected chi connectivity index (χ3v) is 2.88. The van der Waals surface area contributed by atoms with E-state index in [1.165, 1.54) is 0 Å². The van der Waals surface area contributed by atoms with E-state index < -0.39 is 0 Å². The van der Waals surface area contributed by atoms with E-state index in [0.29, 0.717) is 5.75 Å². The molecule has 0 heterocycles. The van der Waals surface area contributed by atoms with Crippen LogP contribution in [0.5, 0.6) is 11.5 Å². The summed E-state index contributed by atoms with van der Waals surface area (Å²) in [4.78, 5) is 4.49. The third kappa shape index (κ3) is 3.13. The van der Waals surface area contributed by atoms with Crippen LogP contribution in [0.2, 0.25) is 0 Å². The summed E-state index contributed by atoms with van der Waals surface area (Å²) in [5, 5.41) is 0. The van der Waals surface area contributed by atoms with Gasteiger partial charge in [0.2, 0.25) is 0 Å². The molecule has 98 valence electrons. The lowest BCUT2D eigenvalue weighted by atomic mass is 10.2. The van der Waals surface area contributed by atoms with Gasteiger partial charge in [-0.05, 0) is 42.3 Å². The zero-order valence-corrected chi connectivity index (χ0v) is 11.4. The smallest absolute Gasteiger partial charge is 0.161 e. The maximum absolute atomic E-state index is 5.27. The van der Waals surface area contributed by atoms with Crippen LogP contribution in [0.4, 0.5) is 5.69 Å². The number of methoxy groups -OCH3 is 2. The van der Waals surface area contributed by atoms with Gasteiger partial charge in [-0.25, -0.2) is 0 Å². The second kappa shape index (κ2) is 6.05. The van der Waals surface area contributed by atoms with Gasteiger partial charge in [-0.2, -0.15) is 0 Å². The van der Waals surface area contributed by atoms with Crippen molar-refractivity contribution < 1.29 is 9.47 Å². The predicted molar refractivity (Wildman–Crippen MR) is 78.0 cm³/mol. The Morgan fingerprint density at radius 2 is 1.68 bits per heavy atom. The molecule has 0 radical (unpaired) electrons. The van der Waals surface area contributed by atoms with Crippen LogP contribution in [0.1, 0.15) is 11.1 Å². The fourth-order valence-electron chi connectivity index (χ4n) is 1.79. The third-order valence-electron chi connectivity index (χ3n) is 2.88. The summed E-state index contributed by atoms with van der Waals surface area (Å²) in [6.07, 6.45) is 1.82. The number of nitrogens with zero attached hydrogens (tertiary/aromatic N) is 1. The van der Waals surface area contributed by atoms with E-state index in [-0.39, 0.29) is 0 Å². The van der Waals surface area contributed by atoms with Crippen LogP contribution in [0.3, 0.4) is 0 Å². The Morgan fingerprint density at radius 3 is 2.37 bits per heavy atom. The molecular formula is C16H17NO2. The second-order valence-electron chi connectivity index (χ2n) is 4.16. The molecule has 0 bridgehead atoms. The van der Waals surface area contributed by atoms with E-state index in [1.807, 2.05) is 55.6 Å². The molecule has 3 nitrogen and oxygen atoms in total. The predicted octanol–water partition coefficient (Wildman–Crippen LogP) is 3.76. The lowest BCUT2D eigenvalue weighted by Crippen LogP contribution is -1.92. The van der Waals surface area contributed by atoms with Crippen molar-refractivity contribution in [2.24, 2.45) is 4.99 Å². The van der Waals surface area contributed by atoms with Crippen molar-refractivity contribution in [2.75, 3.05) is 14.2 Å². The number of rotatable bonds is 4. The first-order chi connectivity index (χ1) is 9.24. The highest BCUT2D eigenvalue weighted by Crippen LogP contribution is 2.27. The largest absolute Gasteiger partial charge is 0.493 e. The van der Waals surface area contributed by atoms with E-state index in [1.54, 1.807) is 14.2 Å². The number of para-hydroxylation sites is 1. The number of aryl methyl sites for hydroxylation is 1. The van der Waals surface area contributed by atoms with Crippen LogP contribution in [0.15, 0.2) is 47.5 Å². The molecule has 2 aromatic rings. The lowest BCUT2D eigenvalue weighted by molar-refractivity contribution is 0.355. The van der Waals surface area contributed by atoms with E-state index in [0.717, 1.165) is 22.6 Å². The SMILES string of the molecule is COc1ccc(C=Nc2ccccc2C)cc1OC. The summed E-state index contributed by atoms with van der Waals surface area (Å²) >= 11 is 0. The Morgan fingerprint density at radius 1 is 0.947 bits per heavy atom. The summed E-state index contributed by atoms with van der Waals surface area (Å²) in [6.45, 7) is 2.04. The number of ether oxygens (including phenoxy) is 2. The number of benzene rings is 2. The summed E-state index contributed by atoms with van der Waals surface area (Å²) in [5.74, 6) is 1.42. The van der Waals surface area contributed by atoms with Crippen molar-refractivity contribution in [3.8, 4) is 11.5 Å². The molecule has 0 saturated heterocycles. The molecule has 0 aliphatic carbocycles. The molecule has 0 aromatic heterocycles. The normalized spacial score (nSPS) is 10.7.